The average Bonchev–Trinajstić information content (AvgIpc) is 3.69. The van der Waals surface area contributed by atoms with Crippen molar-refractivity contribution in [1.82, 2.24) is 14.5 Å². The molecule has 11 heteroatoms. The highest BCUT2D eigenvalue weighted by Gasteiger charge is 2.54. The zero-order valence-electron chi connectivity index (χ0n) is 22.8. The number of imidazole rings is 1. The molecule has 3 aliphatic rings. The molecule has 0 unspecified atom stereocenters. The lowest BCUT2D eigenvalue weighted by Gasteiger charge is -2.36. The maximum absolute atomic E-state index is 13.9. The molecule has 5 nitrogen and oxygen atoms in total. The summed E-state index contributed by atoms with van der Waals surface area (Å²) in [6.07, 6.45) is 2.22. The molecule has 6 rings (SSSR count). The Kier molecular flexibility index (Phi) is 9.07. The number of aromatic nitrogens is 2. The van der Waals surface area contributed by atoms with Gasteiger partial charge in [-0.25, -0.2) is 9.37 Å². The number of morpholine rings is 1. The van der Waals surface area contributed by atoms with Crippen LogP contribution in [0.4, 0.5) is 17.6 Å². The summed E-state index contributed by atoms with van der Waals surface area (Å²) in [6, 6.07) is 12.3. The third-order valence-corrected chi connectivity index (χ3v) is 9.64. The smallest absolute Gasteiger partial charge is 0.379 e. The number of nitrogens with zero attached hydrogens (tertiary/aromatic N) is 3. The van der Waals surface area contributed by atoms with Crippen LogP contribution in [0.25, 0.3) is 5.69 Å². The van der Waals surface area contributed by atoms with Crippen LogP contribution in [0.15, 0.2) is 59.9 Å². The maximum Gasteiger partial charge on any atom is 0.433 e. The van der Waals surface area contributed by atoms with E-state index in [0.29, 0.717) is 18.2 Å². The van der Waals surface area contributed by atoms with E-state index in [0.717, 1.165) is 78.9 Å². The Morgan fingerprint density at radius 1 is 1.10 bits per heavy atom. The van der Waals surface area contributed by atoms with E-state index in [-0.39, 0.29) is 30.1 Å². The summed E-state index contributed by atoms with van der Waals surface area (Å²) in [6.45, 7) is 4.71. The highest BCUT2D eigenvalue weighted by Crippen LogP contribution is 2.57. The van der Waals surface area contributed by atoms with E-state index in [1.165, 1.54) is 18.5 Å². The Labute approximate surface area is 248 Å². The molecule has 1 spiro atoms. The number of alkyl halides is 3. The molecule has 3 aromatic rings. The standard InChI is InChI=1S/C30H33F4N3O2S.ClH/c1-40-26-7-6-24(37-19-35-16-27(37)30(32,33)34)14-25(26)22-15-29(39-18-22)9-8-21(17-36-10-12-38-13-11-36)28(29)20-2-4-23(31)5-3-20;/h2-7,14,16,19,21-22,28H,8-13,15,17-18H2,1H3;1H/t21-,22-,28-,29-;/m1./s1. The Morgan fingerprint density at radius 3 is 2.56 bits per heavy atom. The van der Waals surface area contributed by atoms with E-state index in [1.54, 1.807) is 17.8 Å². The molecule has 0 bridgehead atoms. The summed E-state index contributed by atoms with van der Waals surface area (Å²) in [5, 5.41) is 0. The van der Waals surface area contributed by atoms with Gasteiger partial charge in [-0.1, -0.05) is 12.1 Å². The molecular weight excluding hydrogens is 578 g/mol. The molecule has 0 radical (unpaired) electrons. The minimum absolute atomic E-state index is 0. The summed E-state index contributed by atoms with van der Waals surface area (Å²) < 4.78 is 68.2. The predicted molar refractivity (Wildman–Crippen MR) is 153 cm³/mol. The lowest BCUT2D eigenvalue weighted by atomic mass is 9.76. The number of halogens is 5. The number of benzene rings is 2. The molecule has 2 aliphatic heterocycles. The fraction of sp³-hybridized carbons (Fsp3) is 0.500. The normalized spacial score (nSPS) is 26.9. The molecule has 0 N–H and O–H groups in total. The van der Waals surface area contributed by atoms with E-state index in [1.807, 2.05) is 30.5 Å². The maximum atomic E-state index is 13.9. The average molecular weight is 612 g/mol. The van der Waals surface area contributed by atoms with Crippen molar-refractivity contribution in [3.8, 4) is 5.69 Å². The molecule has 1 aliphatic carbocycles. The third-order valence-electron chi connectivity index (χ3n) is 8.83. The second kappa shape index (κ2) is 12.2. The number of hydrogen-bond donors (Lipinski definition) is 0. The molecule has 2 aromatic carbocycles. The minimum Gasteiger partial charge on any atom is -0.379 e. The highest BCUT2D eigenvalue weighted by molar-refractivity contribution is 7.98. The van der Waals surface area contributed by atoms with Crippen LogP contribution in [-0.2, 0) is 15.7 Å². The Hall–Kier alpha value is -2.11. The van der Waals surface area contributed by atoms with Crippen molar-refractivity contribution in [3.05, 3.63) is 77.6 Å². The number of hydrogen-bond acceptors (Lipinski definition) is 5. The summed E-state index contributed by atoms with van der Waals surface area (Å²) in [4.78, 5) is 7.26. The first-order valence-corrected chi connectivity index (χ1v) is 15.0. The Balaban J connectivity index is 0.00000337. The number of ether oxygens (including phenoxy) is 2. The van der Waals surface area contributed by atoms with Crippen LogP contribution in [0.3, 0.4) is 0 Å². The van der Waals surface area contributed by atoms with Crippen LogP contribution in [0.1, 0.15) is 47.9 Å². The van der Waals surface area contributed by atoms with Crippen LogP contribution in [0.5, 0.6) is 0 Å². The van der Waals surface area contributed by atoms with Crippen molar-refractivity contribution in [2.45, 2.75) is 47.8 Å². The van der Waals surface area contributed by atoms with Crippen molar-refractivity contribution < 1.29 is 27.0 Å². The Morgan fingerprint density at radius 2 is 1.85 bits per heavy atom. The molecule has 0 amide bonds. The summed E-state index contributed by atoms with van der Waals surface area (Å²) in [5.41, 5.74) is 1.32. The van der Waals surface area contributed by atoms with Crippen LogP contribution in [-0.4, -0.2) is 65.8 Å². The Bertz CT molecular complexity index is 1330. The van der Waals surface area contributed by atoms with Gasteiger partial charge < -0.3 is 9.47 Å². The molecule has 1 aromatic heterocycles. The SMILES string of the molecule is CSc1ccc(-n2cncc2C(F)(F)F)cc1[C@H]1CO[C@]2(CC[C@H](CN3CCOCC3)[C@H]2c2ccc(F)cc2)C1.Cl. The molecule has 41 heavy (non-hydrogen) atoms. The fourth-order valence-corrected chi connectivity index (χ4v) is 7.70. The molecule has 3 heterocycles. The topological polar surface area (TPSA) is 39.5 Å². The van der Waals surface area contributed by atoms with E-state index in [2.05, 4.69) is 9.88 Å². The zero-order chi connectivity index (χ0) is 27.9. The zero-order valence-corrected chi connectivity index (χ0v) is 24.4. The molecule has 4 atom stereocenters. The van der Waals surface area contributed by atoms with Gasteiger partial charge in [0, 0.05) is 42.1 Å². The van der Waals surface area contributed by atoms with Gasteiger partial charge >= 0.3 is 6.18 Å². The van der Waals surface area contributed by atoms with Crippen LogP contribution in [0.2, 0.25) is 0 Å². The molecule has 2 saturated heterocycles. The van der Waals surface area contributed by atoms with Gasteiger partial charge in [-0.3, -0.25) is 9.47 Å². The van der Waals surface area contributed by atoms with E-state index >= 15 is 0 Å². The van der Waals surface area contributed by atoms with Crippen molar-refractivity contribution in [2.75, 3.05) is 45.7 Å². The van der Waals surface area contributed by atoms with Gasteiger partial charge in [-0.15, -0.1) is 24.2 Å². The number of rotatable bonds is 6. The van der Waals surface area contributed by atoms with Crippen LogP contribution >= 0.6 is 24.2 Å². The van der Waals surface area contributed by atoms with Gasteiger partial charge in [-0.05, 0) is 72.9 Å². The third kappa shape index (κ3) is 6.04. The predicted octanol–water partition coefficient (Wildman–Crippen LogP) is 6.94. The molecular formula is C30H34ClF4N3O2S. The van der Waals surface area contributed by atoms with Crippen LogP contribution in [0, 0.1) is 11.7 Å². The first kappa shape index (κ1) is 30.4. The lowest BCUT2D eigenvalue weighted by molar-refractivity contribution is -0.142. The summed E-state index contributed by atoms with van der Waals surface area (Å²) >= 11 is 1.59. The van der Waals surface area contributed by atoms with Crippen molar-refractivity contribution in [3.63, 3.8) is 0 Å². The summed E-state index contributed by atoms with van der Waals surface area (Å²) in [7, 11) is 0. The highest BCUT2D eigenvalue weighted by atomic mass is 35.5. The van der Waals surface area contributed by atoms with E-state index in [9.17, 15) is 17.6 Å². The first-order valence-electron chi connectivity index (χ1n) is 13.7. The second-order valence-corrected chi connectivity index (χ2v) is 11.9. The largest absolute Gasteiger partial charge is 0.433 e. The fourth-order valence-electron chi connectivity index (χ4n) is 7.03. The van der Waals surface area contributed by atoms with E-state index < -0.39 is 17.5 Å². The number of thioether (sulfide) groups is 1. The van der Waals surface area contributed by atoms with Crippen LogP contribution < -0.4 is 0 Å². The van der Waals surface area contributed by atoms with E-state index in [4.69, 9.17) is 9.47 Å². The van der Waals surface area contributed by atoms with Gasteiger partial charge in [0.25, 0.3) is 0 Å². The quantitative estimate of drug-likeness (QED) is 0.223. The van der Waals surface area contributed by atoms with Gasteiger partial charge in [-0.2, -0.15) is 13.2 Å². The molecule has 222 valence electrons. The summed E-state index contributed by atoms with van der Waals surface area (Å²) in [5.74, 6) is 0.233. The van der Waals surface area contributed by atoms with Gasteiger partial charge in [0.2, 0.25) is 0 Å². The van der Waals surface area contributed by atoms with Crippen molar-refractivity contribution in [2.24, 2.45) is 5.92 Å². The lowest BCUT2D eigenvalue weighted by Crippen LogP contribution is -2.42. The van der Waals surface area contributed by atoms with Crippen molar-refractivity contribution >= 4 is 24.2 Å². The molecule has 1 saturated carbocycles. The van der Waals surface area contributed by atoms with Gasteiger partial charge in [0.1, 0.15) is 11.5 Å². The second-order valence-electron chi connectivity index (χ2n) is 11.1. The van der Waals surface area contributed by atoms with Gasteiger partial charge in [0.05, 0.1) is 37.9 Å². The monoisotopic (exact) mass is 611 g/mol. The van der Waals surface area contributed by atoms with Gasteiger partial charge in [0.15, 0.2) is 0 Å². The minimum atomic E-state index is -4.50. The molecule has 3 fully saturated rings. The first-order chi connectivity index (χ1) is 19.3. The van der Waals surface area contributed by atoms with Crippen molar-refractivity contribution in [1.29, 1.82) is 0 Å².